The number of benzene rings is 1. The van der Waals surface area contributed by atoms with Crippen LogP contribution in [0.5, 0.6) is 0 Å². The molecule has 2 amide bonds. The molecule has 5 heterocycles. The lowest BCUT2D eigenvalue weighted by Crippen LogP contribution is -2.63. The molecule has 310 valence electrons. The van der Waals surface area contributed by atoms with Crippen molar-refractivity contribution in [3.8, 4) is 11.4 Å². The third-order valence-corrected chi connectivity index (χ3v) is 9.58. The maximum Gasteiger partial charge on any atom is 0.408 e. The third-order valence-electron chi connectivity index (χ3n) is 9.58. The minimum absolute atomic E-state index is 0.0345. The highest BCUT2D eigenvalue weighted by atomic mass is 16.7. The molecule has 1 fully saturated rings. The van der Waals surface area contributed by atoms with E-state index in [1.165, 1.54) is 0 Å². The highest BCUT2D eigenvalue weighted by molar-refractivity contribution is 5.88. The van der Waals surface area contributed by atoms with Crippen molar-refractivity contribution in [2.75, 3.05) is 33.0 Å². The number of nitrogens with two attached hydrogens (primary N) is 1. The first-order valence-electron chi connectivity index (χ1n) is 18.3. The molecule has 6 atom stereocenters. The average Bonchev–Trinajstić information content (AvgIpc) is 3.53. The number of aromatic nitrogens is 2. The monoisotopic (exact) mass is 810 g/mol. The summed E-state index contributed by atoms with van der Waals surface area (Å²) in [6, 6.07) is 11.2. The summed E-state index contributed by atoms with van der Waals surface area (Å²) in [7, 11) is 0. The molecule has 20 heteroatoms. The molecule has 3 aliphatic rings. The van der Waals surface area contributed by atoms with E-state index >= 15 is 0 Å². The van der Waals surface area contributed by atoms with E-state index in [1.807, 2.05) is 30.3 Å². The zero-order valence-corrected chi connectivity index (χ0v) is 32.0. The second-order valence-corrected chi connectivity index (χ2v) is 13.5. The van der Waals surface area contributed by atoms with Crippen molar-refractivity contribution in [1.82, 2.24) is 14.9 Å². The Morgan fingerprint density at radius 3 is 2.40 bits per heavy atom. The van der Waals surface area contributed by atoms with Gasteiger partial charge in [-0.3, -0.25) is 19.2 Å². The molecule has 0 radical (unpaired) electrons. The van der Waals surface area contributed by atoms with Crippen LogP contribution in [0.4, 0.5) is 9.59 Å². The van der Waals surface area contributed by atoms with Crippen molar-refractivity contribution >= 4 is 47.0 Å². The van der Waals surface area contributed by atoms with Gasteiger partial charge in [-0.1, -0.05) is 25.1 Å². The molecule has 3 N–H and O–H groups in total. The molecule has 0 saturated carbocycles. The van der Waals surface area contributed by atoms with Crippen LogP contribution < -0.4 is 16.6 Å². The number of para-hydroxylation sites is 1. The Hall–Kier alpha value is -6.12. The molecule has 3 aromatic rings. The van der Waals surface area contributed by atoms with Crippen LogP contribution in [0, 0.1) is 0 Å². The number of carbonyl (C=O) groups is 6. The number of esters is 4. The van der Waals surface area contributed by atoms with E-state index in [0.717, 1.165) is 37.2 Å². The zero-order chi connectivity index (χ0) is 41.7. The van der Waals surface area contributed by atoms with Gasteiger partial charge in [0.1, 0.15) is 19.3 Å². The van der Waals surface area contributed by atoms with E-state index in [2.05, 4.69) is 5.32 Å². The van der Waals surface area contributed by atoms with Crippen LogP contribution in [0.15, 0.2) is 41.2 Å². The number of hydrogen-bond acceptors (Lipinski definition) is 17. The predicted molar refractivity (Wildman–Crippen MR) is 194 cm³/mol. The molecule has 1 aromatic carbocycles. The molecule has 0 bridgehead atoms. The fourth-order valence-corrected chi connectivity index (χ4v) is 7.09. The van der Waals surface area contributed by atoms with Crippen molar-refractivity contribution in [3.05, 3.63) is 63.4 Å². The Balaban J connectivity index is 1.07. The van der Waals surface area contributed by atoms with Gasteiger partial charge in [0.05, 0.1) is 48.8 Å². The Bertz CT molecular complexity index is 2170. The first-order valence-corrected chi connectivity index (χ1v) is 18.3. The number of pyridine rings is 2. The Kier molecular flexibility index (Phi) is 12.6. The number of nitrogens with zero attached hydrogens (tertiary/aromatic N) is 2. The topological polar surface area (TPSA) is 258 Å². The molecule has 0 spiro atoms. The number of ether oxygens (including phenoxy) is 9. The molecule has 2 aromatic heterocycles. The molecule has 3 aliphatic heterocycles. The van der Waals surface area contributed by atoms with Crippen LogP contribution in [0.3, 0.4) is 0 Å². The van der Waals surface area contributed by atoms with Gasteiger partial charge >= 0.3 is 36.1 Å². The van der Waals surface area contributed by atoms with Gasteiger partial charge in [0.25, 0.3) is 5.56 Å². The van der Waals surface area contributed by atoms with Crippen LogP contribution >= 0.6 is 0 Å². The maximum atomic E-state index is 13.8. The van der Waals surface area contributed by atoms with Gasteiger partial charge in [-0.05, 0) is 24.6 Å². The number of amides is 2. The molecule has 0 aliphatic carbocycles. The Morgan fingerprint density at radius 1 is 0.948 bits per heavy atom. The maximum absolute atomic E-state index is 13.8. The van der Waals surface area contributed by atoms with Gasteiger partial charge in [-0.15, -0.1) is 0 Å². The van der Waals surface area contributed by atoms with Crippen LogP contribution in [-0.2, 0) is 80.6 Å². The molecule has 58 heavy (non-hydrogen) atoms. The Morgan fingerprint density at radius 2 is 1.69 bits per heavy atom. The van der Waals surface area contributed by atoms with Gasteiger partial charge in [0.15, 0.2) is 24.6 Å². The summed E-state index contributed by atoms with van der Waals surface area (Å²) >= 11 is 0. The highest BCUT2D eigenvalue weighted by Gasteiger charge is 2.53. The minimum atomic E-state index is -1.92. The van der Waals surface area contributed by atoms with Crippen molar-refractivity contribution in [3.63, 3.8) is 0 Å². The quantitative estimate of drug-likeness (QED) is 0.104. The van der Waals surface area contributed by atoms with Gasteiger partial charge in [0, 0.05) is 43.8 Å². The average molecular weight is 811 g/mol. The number of carbonyl (C=O) groups excluding carboxylic acids is 6. The van der Waals surface area contributed by atoms with E-state index in [4.69, 9.17) is 53.3 Å². The van der Waals surface area contributed by atoms with Gasteiger partial charge in [-0.25, -0.2) is 19.4 Å². The van der Waals surface area contributed by atoms with E-state index in [1.54, 1.807) is 17.6 Å². The summed E-state index contributed by atoms with van der Waals surface area (Å²) in [6.07, 6.45) is -9.40. The fraction of sp³-hybridized carbons (Fsp3) is 0.474. The van der Waals surface area contributed by atoms with Gasteiger partial charge in [-0.2, -0.15) is 0 Å². The van der Waals surface area contributed by atoms with E-state index < -0.39 is 79.0 Å². The van der Waals surface area contributed by atoms with Crippen LogP contribution in [0.2, 0.25) is 0 Å². The highest BCUT2D eigenvalue weighted by Crippen LogP contribution is 2.41. The van der Waals surface area contributed by atoms with Crippen molar-refractivity contribution in [2.24, 2.45) is 5.73 Å². The smallest absolute Gasteiger partial charge is 0.408 e. The largest absolute Gasteiger partial charge is 0.463 e. The normalized spacial score (nSPS) is 23.0. The number of alkyl carbamates (subject to hydrolysis) is 1. The van der Waals surface area contributed by atoms with Crippen LogP contribution in [0.25, 0.3) is 22.3 Å². The summed E-state index contributed by atoms with van der Waals surface area (Å²) in [5.41, 5.74) is 6.05. The number of fused-ring (bicyclic) bond motifs is 5. The summed E-state index contributed by atoms with van der Waals surface area (Å²) in [5.74, 6) is -3.14. The molecular weight excluding hydrogens is 768 g/mol. The van der Waals surface area contributed by atoms with E-state index in [9.17, 15) is 33.6 Å². The Labute approximate surface area is 330 Å². The SMILES string of the molecule is CC[C@@]1(OC(=O)NCCOCCO[C@@H]2O[C@H](COC(C)=O)[C@@H](OC(C)=O)[C@H](OC(N)=O)[C@@H]2OC(C)=O)C(=O)OCc2c1cc1n(c2=O)Cc2cc3ccccc3nc2-1. The van der Waals surface area contributed by atoms with Crippen LogP contribution in [0.1, 0.15) is 50.8 Å². The summed E-state index contributed by atoms with van der Waals surface area (Å²) in [6.45, 7) is 4.01. The predicted octanol–water partition coefficient (Wildman–Crippen LogP) is 1.46. The summed E-state index contributed by atoms with van der Waals surface area (Å²) in [5, 5.41) is 3.45. The molecular formula is C38H42N4O16. The number of rotatable bonds is 14. The lowest BCUT2D eigenvalue weighted by molar-refractivity contribution is -0.306. The molecule has 6 rings (SSSR count). The van der Waals surface area contributed by atoms with Crippen molar-refractivity contribution < 1.29 is 71.4 Å². The lowest BCUT2D eigenvalue weighted by atomic mass is 9.85. The fourth-order valence-electron chi connectivity index (χ4n) is 7.09. The third kappa shape index (κ3) is 8.72. The molecule has 20 nitrogen and oxygen atoms in total. The lowest BCUT2D eigenvalue weighted by Gasteiger charge is -2.43. The number of nitrogens with one attached hydrogen (secondary N) is 1. The summed E-state index contributed by atoms with van der Waals surface area (Å²) in [4.78, 5) is 92.4. The van der Waals surface area contributed by atoms with Crippen LogP contribution in [-0.4, -0.2) is 109 Å². The minimum Gasteiger partial charge on any atom is -0.463 e. The second-order valence-electron chi connectivity index (χ2n) is 13.5. The first kappa shape index (κ1) is 41.5. The molecule has 1 saturated heterocycles. The number of cyclic esters (lactones) is 1. The standard InChI is InChI=1S/C38H42N4O16/c1-5-38(25-15-27-29-23(14-22-8-6-7-9-26(22)41-29)16-42(27)33(46)24(25)17-53-35(38)47)58-37(49)40-10-11-50-12-13-51-34-32(55-21(4)45)31(57-36(39)48)30(54-20(3)44)28(56-34)18-52-19(2)43/h6-9,14-15,28,30-32,34H,5,10-13,16-18H2,1-4H3,(H2,39,48)(H,40,49)/t28-,30-,31+,32+,34-,38+/m1/s1. The zero-order valence-electron chi connectivity index (χ0n) is 32.0. The van der Waals surface area contributed by atoms with Gasteiger partial charge in [0.2, 0.25) is 5.60 Å². The number of hydrogen-bond donors (Lipinski definition) is 2. The van der Waals surface area contributed by atoms with Crippen molar-refractivity contribution in [1.29, 1.82) is 0 Å². The van der Waals surface area contributed by atoms with E-state index in [-0.39, 0.29) is 62.6 Å². The van der Waals surface area contributed by atoms with Crippen molar-refractivity contribution in [2.45, 2.75) is 83.6 Å². The number of primary amides is 1. The second kappa shape index (κ2) is 17.6. The summed E-state index contributed by atoms with van der Waals surface area (Å²) < 4.78 is 50.7. The first-order chi connectivity index (χ1) is 27.7. The molecule has 0 unspecified atom stereocenters. The van der Waals surface area contributed by atoms with E-state index in [0.29, 0.717) is 11.4 Å². The van der Waals surface area contributed by atoms with Gasteiger partial charge < -0.3 is 58.2 Å².